The smallest absolute Gasteiger partial charge is 0.243 e. The zero-order valence-electron chi connectivity index (χ0n) is 38.3. The van der Waals surface area contributed by atoms with E-state index in [0.717, 1.165) is 77.5 Å². The number of allylic oxidation sites excluding steroid dienone is 4. The number of unbranched alkanes of at least 4 members (excludes halogenated alkanes) is 23. The molecule has 5 nitrogen and oxygen atoms in total. The van der Waals surface area contributed by atoms with Crippen LogP contribution >= 0.6 is 0 Å². The number of hydrogen-bond acceptors (Lipinski definition) is 3. The van der Waals surface area contributed by atoms with Gasteiger partial charge in [0.25, 0.3) is 0 Å². The molecule has 0 radical (unpaired) electrons. The summed E-state index contributed by atoms with van der Waals surface area (Å²) in [7, 11) is 0. The van der Waals surface area contributed by atoms with Gasteiger partial charge in [-0.1, -0.05) is 200 Å². The summed E-state index contributed by atoms with van der Waals surface area (Å²) in [5.41, 5.74) is 0. The second-order valence-corrected chi connectivity index (χ2v) is 17.4. The molecule has 1 rings (SSSR count). The van der Waals surface area contributed by atoms with Crippen molar-refractivity contribution >= 4 is 11.8 Å². The quantitative estimate of drug-likeness (QED) is 0.0497. The van der Waals surface area contributed by atoms with Crippen molar-refractivity contribution in [1.29, 1.82) is 0 Å². The van der Waals surface area contributed by atoms with Gasteiger partial charge in [0, 0.05) is 19.5 Å². The van der Waals surface area contributed by atoms with Gasteiger partial charge < -0.3 is 15.1 Å². The molecule has 1 saturated carbocycles. The molecule has 1 fully saturated rings. The Kier molecular flexibility index (Phi) is 37.6. The maximum Gasteiger partial charge on any atom is 0.243 e. The SMILES string of the molecule is CCCCC/C=C\C/C=C\CCCCCCCC(=O)N(CCCN(CC)CC)C(C(=O)NCCCCCCCCCCCCCCCCCC)C1CCCCC1. The summed E-state index contributed by atoms with van der Waals surface area (Å²) in [6.07, 6.45) is 51.3. The molecule has 0 aromatic rings. The summed E-state index contributed by atoms with van der Waals surface area (Å²) in [5, 5.41) is 3.36. The van der Waals surface area contributed by atoms with E-state index < -0.39 is 0 Å². The van der Waals surface area contributed by atoms with Crippen LogP contribution in [0.3, 0.4) is 0 Å². The van der Waals surface area contributed by atoms with Gasteiger partial charge in [-0.15, -0.1) is 0 Å². The third-order valence-electron chi connectivity index (χ3n) is 12.5. The van der Waals surface area contributed by atoms with Crippen LogP contribution in [0.1, 0.15) is 246 Å². The summed E-state index contributed by atoms with van der Waals surface area (Å²) in [6.45, 7) is 13.5. The summed E-state index contributed by atoms with van der Waals surface area (Å²) in [6, 6.07) is -0.307. The lowest BCUT2D eigenvalue weighted by molar-refractivity contribution is -0.143. The highest BCUT2D eigenvalue weighted by Gasteiger charge is 2.36. The van der Waals surface area contributed by atoms with E-state index in [9.17, 15) is 9.59 Å². The molecule has 1 unspecified atom stereocenters. The topological polar surface area (TPSA) is 52.7 Å². The van der Waals surface area contributed by atoms with Crippen molar-refractivity contribution in [2.45, 2.75) is 252 Å². The fourth-order valence-electron chi connectivity index (χ4n) is 8.70. The van der Waals surface area contributed by atoms with Crippen molar-refractivity contribution < 1.29 is 9.59 Å². The molecule has 0 heterocycles. The second kappa shape index (κ2) is 40.2. The molecule has 0 bridgehead atoms. The molecule has 1 N–H and O–H groups in total. The van der Waals surface area contributed by atoms with Crippen LogP contribution in [0.15, 0.2) is 24.3 Å². The van der Waals surface area contributed by atoms with Crippen molar-refractivity contribution in [2.75, 3.05) is 32.7 Å². The first kappa shape index (κ1) is 52.4. The van der Waals surface area contributed by atoms with Gasteiger partial charge in [-0.3, -0.25) is 9.59 Å². The highest BCUT2D eigenvalue weighted by molar-refractivity contribution is 5.88. The Morgan fingerprint density at radius 3 is 1.54 bits per heavy atom. The molecule has 56 heavy (non-hydrogen) atoms. The number of nitrogens with zero attached hydrogens (tertiary/aromatic N) is 2. The molecule has 0 aliphatic heterocycles. The maximum absolute atomic E-state index is 14.0. The molecule has 328 valence electrons. The van der Waals surface area contributed by atoms with Crippen molar-refractivity contribution in [3.05, 3.63) is 24.3 Å². The first-order valence-electron chi connectivity index (χ1n) is 25.2. The molecular weight excluding hydrogens is 687 g/mol. The lowest BCUT2D eigenvalue weighted by Gasteiger charge is -2.38. The van der Waals surface area contributed by atoms with Crippen LogP contribution in [-0.2, 0) is 9.59 Å². The summed E-state index contributed by atoms with van der Waals surface area (Å²) >= 11 is 0. The monoisotopic (exact) mass is 784 g/mol. The molecule has 0 spiro atoms. The highest BCUT2D eigenvalue weighted by atomic mass is 16.2. The van der Waals surface area contributed by atoms with E-state index in [1.165, 1.54) is 161 Å². The van der Waals surface area contributed by atoms with E-state index in [2.05, 4.69) is 67.1 Å². The van der Waals surface area contributed by atoms with Crippen LogP contribution in [-0.4, -0.2) is 60.4 Å². The Morgan fingerprint density at radius 1 is 0.536 bits per heavy atom. The number of amides is 2. The van der Waals surface area contributed by atoms with Crippen LogP contribution in [0.25, 0.3) is 0 Å². The van der Waals surface area contributed by atoms with Crippen molar-refractivity contribution in [3.8, 4) is 0 Å². The highest BCUT2D eigenvalue weighted by Crippen LogP contribution is 2.30. The first-order valence-corrected chi connectivity index (χ1v) is 25.2. The van der Waals surface area contributed by atoms with Crippen LogP contribution in [0.5, 0.6) is 0 Å². The first-order chi connectivity index (χ1) is 27.6. The predicted octanol–water partition coefficient (Wildman–Crippen LogP) is 14.7. The minimum atomic E-state index is -0.307. The zero-order valence-corrected chi connectivity index (χ0v) is 38.3. The Morgan fingerprint density at radius 2 is 1.00 bits per heavy atom. The van der Waals surface area contributed by atoms with Crippen molar-refractivity contribution in [1.82, 2.24) is 15.1 Å². The number of nitrogens with one attached hydrogen (secondary N) is 1. The lowest BCUT2D eigenvalue weighted by Crippen LogP contribution is -2.54. The third kappa shape index (κ3) is 29.6. The van der Waals surface area contributed by atoms with E-state index in [0.29, 0.717) is 13.0 Å². The minimum absolute atomic E-state index is 0.120. The summed E-state index contributed by atoms with van der Waals surface area (Å²) < 4.78 is 0. The average Bonchev–Trinajstić information content (AvgIpc) is 3.21. The predicted molar refractivity (Wildman–Crippen MR) is 246 cm³/mol. The zero-order chi connectivity index (χ0) is 40.6. The van der Waals surface area contributed by atoms with Gasteiger partial charge in [-0.05, 0) is 89.8 Å². The Hall–Kier alpha value is -1.62. The molecule has 1 aliphatic carbocycles. The normalized spacial score (nSPS) is 14.4. The second-order valence-electron chi connectivity index (χ2n) is 17.4. The Labute approximate surface area is 350 Å². The average molecular weight is 784 g/mol. The number of carbonyl (C=O) groups excluding carboxylic acids is 2. The standard InChI is InChI=1S/C51H97N3O2/c1-5-9-11-13-15-17-19-21-23-25-27-29-31-33-35-40-45-52-51(56)50(48-42-37-36-38-43-48)54(47-41-46-53(7-3)8-4)49(55)44-39-34-32-30-28-26-24-22-20-18-16-14-12-10-6-2/h16,18,22,24,48,50H,5-15,17,19-21,23,25-47H2,1-4H3,(H,52,56)/b18-16-,24-22-. The molecule has 1 aliphatic rings. The van der Waals surface area contributed by atoms with Gasteiger partial charge in [-0.25, -0.2) is 0 Å². The van der Waals surface area contributed by atoms with E-state index in [4.69, 9.17) is 0 Å². The minimum Gasteiger partial charge on any atom is -0.354 e. The lowest BCUT2D eigenvalue weighted by atomic mass is 9.82. The van der Waals surface area contributed by atoms with Crippen molar-refractivity contribution in [3.63, 3.8) is 0 Å². The molecule has 0 saturated heterocycles. The third-order valence-corrected chi connectivity index (χ3v) is 12.5. The van der Waals surface area contributed by atoms with E-state index in [-0.39, 0.29) is 23.8 Å². The van der Waals surface area contributed by atoms with Gasteiger partial charge in [0.05, 0.1) is 0 Å². The van der Waals surface area contributed by atoms with Gasteiger partial charge in [0.1, 0.15) is 6.04 Å². The Bertz CT molecular complexity index is 922. The van der Waals surface area contributed by atoms with E-state index in [1.54, 1.807) is 0 Å². The van der Waals surface area contributed by atoms with Crippen molar-refractivity contribution in [2.24, 2.45) is 5.92 Å². The number of hydrogen-bond donors (Lipinski definition) is 1. The fourth-order valence-corrected chi connectivity index (χ4v) is 8.70. The molecule has 1 atom stereocenters. The van der Waals surface area contributed by atoms with Gasteiger partial charge in [0.15, 0.2) is 0 Å². The molecular formula is C51H97N3O2. The number of carbonyl (C=O) groups is 2. The summed E-state index contributed by atoms with van der Waals surface area (Å²) in [4.78, 5) is 32.6. The molecule has 2 amide bonds. The van der Waals surface area contributed by atoms with E-state index >= 15 is 0 Å². The molecule has 0 aromatic carbocycles. The van der Waals surface area contributed by atoms with Crippen LogP contribution in [0.4, 0.5) is 0 Å². The van der Waals surface area contributed by atoms with Crippen LogP contribution in [0.2, 0.25) is 0 Å². The maximum atomic E-state index is 14.0. The van der Waals surface area contributed by atoms with Gasteiger partial charge in [-0.2, -0.15) is 0 Å². The fraction of sp³-hybridized carbons (Fsp3) is 0.882. The van der Waals surface area contributed by atoms with Crippen LogP contribution in [0, 0.1) is 5.92 Å². The largest absolute Gasteiger partial charge is 0.354 e. The molecule has 5 heteroatoms. The molecule has 0 aromatic heterocycles. The van der Waals surface area contributed by atoms with Gasteiger partial charge >= 0.3 is 0 Å². The number of rotatable bonds is 40. The Balaban J connectivity index is 2.49. The van der Waals surface area contributed by atoms with E-state index in [1.807, 2.05) is 0 Å². The van der Waals surface area contributed by atoms with Crippen LogP contribution < -0.4 is 5.32 Å². The summed E-state index contributed by atoms with van der Waals surface area (Å²) in [5.74, 6) is 0.619. The van der Waals surface area contributed by atoms with Gasteiger partial charge in [0.2, 0.25) is 11.8 Å².